The highest BCUT2D eigenvalue weighted by Gasteiger charge is 2.23. The molecule has 0 fully saturated rings. The maximum Gasteiger partial charge on any atom is 0.272 e. The van der Waals surface area contributed by atoms with Gasteiger partial charge in [0.15, 0.2) is 5.13 Å². The lowest BCUT2D eigenvalue weighted by Gasteiger charge is -2.17. The fraction of sp³-hybridized carbons (Fsp3) is 0.0857. The first-order valence-corrected chi connectivity index (χ1v) is 15.8. The summed E-state index contributed by atoms with van der Waals surface area (Å²) in [5, 5.41) is 10.3. The SMILES string of the molecule is COc1ccc(/C=C(\NC(=O)c2ccccc2)C(=O)Nc2ccc(SC(C(=O)Nc3nccs3)c3ccccc3)cc2)c(OC)c1. The van der Waals surface area contributed by atoms with E-state index in [1.807, 2.05) is 42.5 Å². The number of rotatable bonds is 12. The van der Waals surface area contributed by atoms with Gasteiger partial charge in [0.2, 0.25) is 5.91 Å². The molecule has 1 atom stereocenters. The van der Waals surface area contributed by atoms with Crippen LogP contribution in [-0.4, -0.2) is 36.9 Å². The Morgan fingerprint density at radius 1 is 0.848 bits per heavy atom. The van der Waals surface area contributed by atoms with E-state index in [1.165, 1.54) is 30.2 Å². The third-order valence-electron chi connectivity index (χ3n) is 6.64. The van der Waals surface area contributed by atoms with Crippen LogP contribution in [0.15, 0.2) is 125 Å². The Kier molecular flexibility index (Phi) is 10.8. The number of benzene rings is 4. The van der Waals surface area contributed by atoms with Crippen LogP contribution in [0, 0.1) is 0 Å². The third-order valence-corrected chi connectivity index (χ3v) is 8.59. The molecule has 46 heavy (non-hydrogen) atoms. The Bertz CT molecular complexity index is 1810. The summed E-state index contributed by atoms with van der Waals surface area (Å²) >= 11 is 2.73. The molecule has 0 saturated heterocycles. The summed E-state index contributed by atoms with van der Waals surface area (Å²) in [6.07, 6.45) is 3.18. The Labute approximate surface area is 274 Å². The smallest absolute Gasteiger partial charge is 0.272 e. The van der Waals surface area contributed by atoms with Crippen LogP contribution < -0.4 is 25.4 Å². The minimum Gasteiger partial charge on any atom is -0.497 e. The van der Waals surface area contributed by atoms with Gasteiger partial charge in [0.25, 0.3) is 11.8 Å². The van der Waals surface area contributed by atoms with Crippen molar-refractivity contribution in [2.45, 2.75) is 10.1 Å². The number of hydrogen-bond acceptors (Lipinski definition) is 8. The number of carbonyl (C=O) groups is 3. The number of anilines is 2. The molecule has 1 unspecified atom stereocenters. The number of thiazole rings is 1. The average molecular weight is 651 g/mol. The number of amides is 3. The molecule has 5 aromatic rings. The zero-order valence-corrected chi connectivity index (χ0v) is 26.6. The molecule has 0 bridgehead atoms. The molecule has 3 N–H and O–H groups in total. The number of thioether (sulfide) groups is 1. The molecule has 0 aliphatic rings. The maximum absolute atomic E-state index is 13.6. The first-order valence-electron chi connectivity index (χ1n) is 14.1. The van der Waals surface area contributed by atoms with Crippen LogP contribution in [0.25, 0.3) is 6.08 Å². The molecule has 1 aromatic heterocycles. The second-order valence-corrected chi connectivity index (χ2v) is 11.8. The molecular weight excluding hydrogens is 621 g/mol. The summed E-state index contributed by atoms with van der Waals surface area (Å²) in [4.78, 5) is 44.9. The zero-order chi connectivity index (χ0) is 32.3. The molecular formula is C35H30N4O5S2. The molecule has 0 radical (unpaired) electrons. The second kappa shape index (κ2) is 15.6. The highest BCUT2D eigenvalue weighted by molar-refractivity contribution is 8.00. The van der Waals surface area contributed by atoms with Crippen LogP contribution in [0.5, 0.6) is 11.5 Å². The van der Waals surface area contributed by atoms with Crippen molar-refractivity contribution in [3.8, 4) is 11.5 Å². The number of ether oxygens (including phenoxy) is 2. The van der Waals surface area contributed by atoms with Gasteiger partial charge in [-0.25, -0.2) is 4.98 Å². The van der Waals surface area contributed by atoms with Crippen molar-refractivity contribution in [1.29, 1.82) is 0 Å². The molecule has 232 valence electrons. The lowest BCUT2D eigenvalue weighted by molar-refractivity contribution is -0.116. The van der Waals surface area contributed by atoms with Gasteiger partial charge in [-0.1, -0.05) is 48.5 Å². The minimum atomic E-state index is -0.535. The van der Waals surface area contributed by atoms with E-state index in [4.69, 9.17) is 9.47 Å². The molecule has 0 aliphatic heterocycles. The summed E-state index contributed by atoms with van der Waals surface area (Å²) in [5.41, 5.74) is 2.32. The molecule has 9 nitrogen and oxygen atoms in total. The number of aromatic nitrogens is 1. The van der Waals surface area contributed by atoms with E-state index in [0.29, 0.717) is 33.4 Å². The Morgan fingerprint density at radius 3 is 2.22 bits per heavy atom. The first kappa shape index (κ1) is 32.0. The van der Waals surface area contributed by atoms with Crippen LogP contribution >= 0.6 is 23.1 Å². The zero-order valence-electron chi connectivity index (χ0n) is 24.9. The Hall–Kier alpha value is -5.39. The van der Waals surface area contributed by atoms with E-state index in [-0.39, 0.29) is 11.6 Å². The predicted octanol–water partition coefficient (Wildman–Crippen LogP) is 7.04. The molecule has 5 rings (SSSR count). The maximum atomic E-state index is 13.6. The summed E-state index contributed by atoms with van der Waals surface area (Å²) in [6, 6.07) is 30.4. The third kappa shape index (κ3) is 8.40. The van der Waals surface area contributed by atoms with Crippen LogP contribution in [0.1, 0.15) is 26.7 Å². The van der Waals surface area contributed by atoms with Crippen molar-refractivity contribution in [1.82, 2.24) is 10.3 Å². The van der Waals surface area contributed by atoms with Crippen LogP contribution in [0.3, 0.4) is 0 Å². The standard InChI is InChI=1S/C35H30N4O5S2/c1-43-27-16-13-25(30(22-27)44-2)21-29(38-32(40)24-11-7-4-8-12-24)33(41)37-26-14-17-28(18-15-26)46-31(23-9-5-3-6-10-23)34(42)39-35-36-19-20-45-35/h3-22,31H,1-2H3,(H,37,41)(H,38,40)(H,36,39,42)/b29-21-. The van der Waals surface area contributed by atoms with Gasteiger partial charge in [-0.15, -0.1) is 23.1 Å². The van der Waals surface area contributed by atoms with Crippen molar-refractivity contribution >= 4 is 57.7 Å². The minimum absolute atomic E-state index is 0.0128. The highest BCUT2D eigenvalue weighted by atomic mass is 32.2. The highest BCUT2D eigenvalue weighted by Crippen LogP contribution is 2.37. The second-order valence-electron chi connectivity index (χ2n) is 9.70. The monoisotopic (exact) mass is 650 g/mol. The van der Waals surface area contributed by atoms with Gasteiger partial charge < -0.3 is 25.4 Å². The Morgan fingerprint density at radius 2 is 1.57 bits per heavy atom. The summed E-state index contributed by atoms with van der Waals surface area (Å²) < 4.78 is 10.8. The van der Waals surface area contributed by atoms with Gasteiger partial charge >= 0.3 is 0 Å². The Balaban J connectivity index is 1.36. The van der Waals surface area contributed by atoms with E-state index in [1.54, 1.807) is 85.4 Å². The number of nitrogens with zero attached hydrogens (tertiary/aromatic N) is 1. The van der Waals surface area contributed by atoms with E-state index >= 15 is 0 Å². The van der Waals surface area contributed by atoms with Gasteiger partial charge in [0.1, 0.15) is 22.4 Å². The fourth-order valence-corrected chi connectivity index (χ4v) is 5.90. The average Bonchev–Trinajstić information content (AvgIpc) is 3.61. The number of methoxy groups -OCH3 is 2. The first-order chi connectivity index (χ1) is 22.4. The van der Waals surface area contributed by atoms with E-state index in [9.17, 15) is 14.4 Å². The fourth-order valence-electron chi connectivity index (χ4n) is 4.34. The van der Waals surface area contributed by atoms with Gasteiger partial charge in [-0.05, 0) is 60.2 Å². The molecule has 1 heterocycles. The lowest BCUT2D eigenvalue weighted by atomic mass is 10.1. The van der Waals surface area contributed by atoms with Crippen molar-refractivity contribution in [2.75, 3.05) is 24.9 Å². The van der Waals surface area contributed by atoms with Crippen molar-refractivity contribution in [2.24, 2.45) is 0 Å². The molecule has 4 aromatic carbocycles. The van der Waals surface area contributed by atoms with Crippen molar-refractivity contribution < 1.29 is 23.9 Å². The summed E-state index contributed by atoms with van der Waals surface area (Å²) in [6.45, 7) is 0. The topological polar surface area (TPSA) is 119 Å². The quantitative estimate of drug-likeness (QED) is 0.0979. The largest absolute Gasteiger partial charge is 0.497 e. The van der Waals surface area contributed by atoms with Crippen LogP contribution in [0.4, 0.5) is 10.8 Å². The summed E-state index contributed by atoms with van der Waals surface area (Å²) in [7, 11) is 3.06. The molecule has 0 aliphatic carbocycles. The molecule has 0 spiro atoms. The molecule has 3 amide bonds. The molecule has 11 heteroatoms. The summed E-state index contributed by atoms with van der Waals surface area (Å²) in [5.74, 6) is -0.119. The lowest BCUT2D eigenvalue weighted by Crippen LogP contribution is -2.30. The van der Waals surface area contributed by atoms with Crippen LogP contribution in [0.2, 0.25) is 0 Å². The number of carbonyl (C=O) groups excluding carboxylic acids is 3. The van der Waals surface area contributed by atoms with Gasteiger partial charge in [-0.3, -0.25) is 14.4 Å². The predicted molar refractivity (Wildman–Crippen MR) is 182 cm³/mol. The van der Waals surface area contributed by atoms with Gasteiger partial charge in [0.05, 0.1) is 14.2 Å². The number of nitrogens with one attached hydrogen (secondary N) is 3. The van der Waals surface area contributed by atoms with Crippen molar-refractivity contribution in [3.63, 3.8) is 0 Å². The van der Waals surface area contributed by atoms with E-state index < -0.39 is 17.1 Å². The van der Waals surface area contributed by atoms with Gasteiger partial charge in [0, 0.05) is 39.4 Å². The normalized spacial score (nSPS) is 11.7. The van der Waals surface area contributed by atoms with Gasteiger partial charge in [-0.2, -0.15) is 0 Å². The van der Waals surface area contributed by atoms with Crippen molar-refractivity contribution in [3.05, 3.63) is 137 Å². The van der Waals surface area contributed by atoms with Crippen LogP contribution in [-0.2, 0) is 9.59 Å². The number of hydrogen-bond donors (Lipinski definition) is 3. The van der Waals surface area contributed by atoms with E-state index in [2.05, 4.69) is 20.9 Å². The van der Waals surface area contributed by atoms with E-state index in [0.717, 1.165) is 10.5 Å². The molecule has 0 saturated carbocycles.